The molecule has 1 atom stereocenters. The smallest absolute Gasteiger partial charge is 0.267 e. The van der Waals surface area contributed by atoms with Gasteiger partial charge in [-0.1, -0.05) is 29.9 Å². The summed E-state index contributed by atoms with van der Waals surface area (Å²) in [6.45, 7) is 3.77. The molecule has 1 amide bonds. The van der Waals surface area contributed by atoms with Gasteiger partial charge in [-0.15, -0.1) is 10.2 Å². The van der Waals surface area contributed by atoms with E-state index >= 15 is 0 Å². The Hall–Kier alpha value is -2.64. The molecule has 0 unspecified atom stereocenters. The molecule has 1 heterocycles. The van der Waals surface area contributed by atoms with Crippen LogP contribution >= 0.6 is 22.9 Å². The van der Waals surface area contributed by atoms with Gasteiger partial charge in [-0.25, -0.2) is 0 Å². The number of hydrogen-bond donors (Lipinski definition) is 1. The first-order valence-corrected chi connectivity index (χ1v) is 9.91. The number of benzene rings is 2. The van der Waals surface area contributed by atoms with Gasteiger partial charge in [0, 0.05) is 10.6 Å². The molecule has 8 heteroatoms. The van der Waals surface area contributed by atoms with Crippen LogP contribution in [0, 0.1) is 6.92 Å². The summed E-state index contributed by atoms with van der Waals surface area (Å²) in [6, 6.07) is 12.8. The highest BCUT2D eigenvalue weighted by molar-refractivity contribution is 7.18. The minimum atomic E-state index is -0.645. The molecule has 3 aromatic rings. The van der Waals surface area contributed by atoms with Crippen LogP contribution in [0.15, 0.2) is 42.5 Å². The first kappa shape index (κ1) is 20.1. The number of carbonyl (C=O) groups is 1. The monoisotopic (exact) mass is 417 g/mol. The molecular formula is C20H20ClN3O3S. The Morgan fingerprint density at radius 1 is 1.18 bits per heavy atom. The molecule has 0 bridgehead atoms. The van der Waals surface area contributed by atoms with Crippen molar-refractivity contribution in [3.05, 3.63) is 53.1 Å². The summed E-state index contributed by atoms with van der Waals surface area (Å²) in [5.41, 5.74) is 1.79. The van der Waals surface area contributed by atoms with Crippen molar-refractivity contribution in [2.24, 2.45) is 0 Å². The average Bonchev–Trinajstić information content (AvgIpc) is 3.17. The lowest BCUT2D eigenvalue weighted by atomic mass is 10.2. The number of anilines is 1. The maximum absolute atomic E-state index is 12.6. The highest BCUT2D eigenvalue weighted by Crippen LogP contribution is 2.28. The van der Waals surface area contributed by atoms with E-state index in [1.54, 1.807) is 19.2 Å². The molecule has 3 rings (SSSR count). The number of methoxy groups -OCH3 is 1. The normalized spacial score (nSPS) is 11.7. The second kappa shape index (κ2) is 9.03. The van der Waals surface area contributed by atoms with Crippen molar-refractivity contribution in [1.29, 1.82) is 0 Å². The third kappa shape index (κ3) is 4.79. The molecule has 0 saturated carbocycles. The molecule has 6 nitrogen and oxygen atoms in total. The summed E-state index contributed by atoms with van der Waals surface area (Å²) in [4.78, 5) is 12.6. The number of nitrogens with one attached hydrogen (secondary N) is 1. The van der Waals surface area contributed by atoms with Crippen LogP contribution in [0.25, 0.3) is 10.6 Å². The van der Waals surface area contributed by atoms with Crippen molar-refractivity contribution in [3.8, 4) is 22.1 Å². The molecule has 1 aromatic heterocycles. The summed E-state index contributed by atoms with van der Waals surface area (Å²) in [6.07, 6.45) is -0.133. The van der Waals surface area contributed by atoms with Crippen LogP contribution < -0.4 is 14.8 Å². The van der Waals surface area contributed by atoms with Crippen LogP contribution in [0.4, 0.5) is 5.13 Å². The standard InChI is InChI=1S/C20H20ClN3O3S/c1-4-17(27-15-9-10-16(21)12(2)11-15)18(25)22-20-24-23-19(28-20)13-5-7-14(26-3)8-6-13/h5-11,17H,4H2,1-3H3,(H,22,24,25)/t17-/m0/s1. The third-order valence-electron chi connectivity index (χ3n) is 4.06. The number of ether oxygens (including phenoxy) is 2. The Morgan fingerprint density at radius 3 is 2.54 bits per heavy atom. The molecule has 146 valence electrons. The Kier molecular flexibility index (Phi) is 6.49. The number of carbonyl (C=O) groups excluding carboxylic acids is 1. The van der Waals surface area contributed by atoms with E-state index < -0.39 is 6.10 Å². The zero-order valence-electron chi connectivity index (χ0n) is 15.7. The summed E-state index contributed by atoms with van der Waals surface area (Å²) in [5.74, 6) is 1.09. The number of amides is 1. The first-order valence-electron chi connectivity index (χ1n) is 8.71. The van der Waals surface area contributed by atoms with Crippen molar-refractivity contribution in [1.82, 2.24) is 10.2 Å². The van der Waals surface area contributed by atoms with Gasteiger partial charge in [-0.3, -0.25) is 10.1 Å². The molecule has 0 radical (unpaired) electrons. The van der Waals surface area contributed by atoms with Crippen LogP contribution in [0.1, 0.15) is 18.9 Å². The molecule has 0 aliphatic carbocycles. The van der Waals surface area contributed by atoms with Gasteiger partial charge in [0.1, 0.15) is 16.5 Å². The van der Waals surface area contributed by atoms with Gasteiger partial charge < -0.3 is 9.47 Å². The van der Waals surface area contributed by atoms with Crippen molar-refractivity contribution < 1.29 is 14.3 Å². The van der Waals surface area contributed by atoms with Crippen LogP contribution in [0.3, 0.4) is 0 Å². The Balaban J connectivity index is 1.67. The highest BCUT2D eigenvalue weighted by Gasteiger charge is 2.20. The quantitative estimate of drug-likeness (QED) is 0.587. The minimum Gasteiger partial charge on any atom is -0.497 e. The van der Waals surface area contributed by atoms with E-state index in [-0.39, 0.29) is 5.91 Å². The van der Waals surface area contributed by atoms with Gasteiger partial charge in [-0.05, 0) is 61.4 Å². The Bertz CT molecular complexity index is 960. The van der Waals surface area contributed by atoms with Gasteiger partial charge in [0.25, 0.3) is 5.91 Å². The number of hydrogen-bond acceptors (Lipinski definition) is 6. The Morgan fingerprint density at radius 2 is 1.89 bits per heavy atom. The average molecular weight is 418 g/mol. The molecular weight excluding hydrogens is 398 g/mol. The zero-order valence-corrected chi connectivity index (χ0v) is 17.3. The fourth-order valence-corrected chi connectivity index (χ4v) is 3.36. The molecule has 1 N–H and O–H groups in total. The zero-order chi connectivity index (χ0) is 20.1. The predicted molar refractivity (Wildman–Crippen MR) is 111 cm³/mol. The van der Waals surface area contributed by atoms with E-state index in [9.17, 15) is 4.79 Å². The van der Waals surface area contributed by atoms with Crippen molar-refractivity contribution >= 4 is 34.0 Å². The molecule has 2 aromatic carbocycles. The van der Waals surface area contributed by atoms with E-state index in [1.165, 1.54) is 11.3 Å². The van der Waals surface area contributed by atoms with Crippen LogP contribution in [-0.4, -0.2) is 29.3 Å². The molecule has 0 aliphatic rings. The van der Waals surface area contributed by atoms with Crippen LogP contribution in [0.5, 0.6) is 11.5 Å². The van der Waals surface area contributed by atoms with Gasteiger partial charge in [0.05, 0.1) is 7.11 Å². The van der Waals surface area contributed by atoms with Crippen molar-refractivity contribution in [2.45, 2.75) is 26.4 Å². The maximum atomic E-state index is 12.6. The predicted octanol–water partition coefficient (Wildman–Crippen LogP) is 4.97. The molecule has 28 heavy (non-hydrogen) atoms. The SMILES string of the molecule is CC[C@H](Oc1ccc(Cl)c(C)c1)C(=O)Nc1nnc(-c2ccc(OC)cc2)s1. The number of aryl methyl sites for hydroxylation is 1. The third-order valence-corrected chi connectivity index (χ3v) is 5.37. The highest BCUT2D eigenvalue weighted by atomic mass is 35.5. The number of halogens is 1. The maximum Gasteiger partial charge on any atom is 0.267 e. The molecule has 0 aliphatic heterocycles. The van der Waals surface area contributed by atoms with Gasteiger partial charge in [0.15, 0.2) is 6.10 Å². The molecule has 0 spiro atoms. The van der Waals surface area contributed by atoms with E-state index in [2.05, 4.69) is 15.5 Å². The second-order valence-corrected chi connectivity index (χ2v) is 7.44. The number of rotatable bonds is 7. The fraction of sp³-hybridized carbons (Fsp3) is 0.250. The minimum absolute atomic E-state index is 0.271. The molecule has 0 fully saturated rings. The van der Waals surface area contributed by atoms with E-state index in [0.29, 0.717) is 27.3 Å². The molecule has 0 saturated heterocycles. The summed E-state index contributed by atoms with van der Waals surface area (Å²) in [5, 5.41) is 12.8. The lowest BCUT2D eigenvalue weighted by Crippen LogP contribution is -2.32. The lowest BCUT2D eigenvalue weighted by Gasteiger charge is -2.16. The van der Waals surface area contributed by atoms with Crippen molar-refractivity contribution in [3.63, 3.8) is 0 Å². The van der Waals surface area contributed by atoms with Crippen LogP contribution in [-0.2, 0) is 4.79 Å². The van der Waals surface area contributed by atoms with Gasteiger partial charge >= 0.3 is 0 Å². The summed E-state index contributed by atoms with van der Waals surface area (Å²) < 4.78 is 11.0. The summed E-state index contributed by atoms with van der Waals surface area (Å²) in [7, 11) is 1.62. The van der Waals surface area contributed by atoms with Crippen LogP contribution in [0.2, 0.25) is 5.02 Å². The van der Waals surface area contributed by atoms with E-state index in [4.69, 9.17) is 21.1 Å². The van der Waals surface area contributed by atoms with E-state index in [1.807, 2.05) is 44.2 Å². The van der Waals surface area contributed by atoms with Gasteiger partial charge in [0.2, 0.25) is 5.13 Å². The van der Waals surface area contributed by atoms with Gasteiger partial charge in [-0.2, -0.15) is 0 Å². The first-order chi connectivity index (χ1) is 13.5. The van der Waals surface area contributed by atoms with E-state index in [0.717, 1.165) is 16.9 Å². The topological polar surface area (TPSA) is 73.3 Å². The van der Waals surface area contributed by atoms with Crippen molar-refractivity contribution in [2.75, 3.05) is 12.4 Å². The second-order valence-electron chi connectivity index (χ2n) is 6.06. The lowest BCUT2D eigenvalue weighted by molar-refractivity contribution is -0.122. The Labute approximate surface area is 172 Å². The summed E-state index contributed by atoms with van der Waals surface area (Å²) >= 11 is 7.33. The fourth-order valence-electron chi connectivity index (χ4n) is 2.49. The number of nitrogens with zero attached hydrogens (tertiary/aromatic N) is 2. The number of aromatic nitrogens is 2. The largest absolute Gasteiger partial charge is 0.497 e.